The van der Waals surface area contributed by atoms with E-state index < -0.39 is 23.3 Å². The fourth-order valence-corrected chi connectivity index (χ4v) is 1.60. The van der Waals surface area contributed by atoms with Gasteiger partial charge >= 0.3 is 11.8 Å². The van der Waals surface area contributed by atoms with Gasteiger partial charge in [-0.15, -0.1) is 0 Å². The molecule has 2 amide bonds. The van der Waals surface area contributed by atoms with Crippen molar-refractivity contribution in [3.05, 3.63) is 0 Å². The number of hydrogen-bond donors (Lipinski definition) is 2. The largest absolute Gasteiger partial charge is 0.339 e. The van der Waals surface area contributed by atoms with Crippen LogP contribution in [0.5, 0.6) is 0 Å². The van der Waals surface area contributed by atoms with Gasteiger partial charge in [-0.1, -0.05) is 0 Å². The maximum atomic E-state index is 11.3. The van der Waals surface area contributed by atoms with E-state index in [0.29, 0.717) is 0 Å². The minimum atomic E-state index is -2.07. The molecule has 1 aliphatic heterocycles. The summed E-state index contributed by atoms with van der Waals surface area (Å²) in [6.45, 7) is 3.24. The van der Waals surface area contributed by atoms with E-state index in [9.17, 15) is 20.1 Å². The zero-order chi connectivity index (χ0) is 13.8. The molecule has 2 atom stereocenters. The SMILES string of the molecule is CCOC1(C#N)NC(=O)C(=O)NC1(C#N)OCC. The van der Waals surface area contributed by atoms with Gasteiger partial charge in [0, 0.05) is 13.2 Å². The van der Waals surface area contributed by atoms with Gasteiger partial charge in [0.1, 0.15) is 12.1 Å². The van der Waals surface area contributed by atoms with E-state index in [2.05, 4.69) is 10.6 Å². The molecule has 96 valence electrons. The smallest absolute Gasteiger partial charge is 0.312 e. The van der Waals surface area contributed by atoms with Crippen LogP contribution in [0.2, 0.25) is 0 Å². The summed E-state index contributed by atoms with van der Waals surface area (Å²) in [6, 6.07) is 3.36. The molecule has 1 saturated heterocycles. The summed E-state index contributed by atoms with van der Waals surface area (Å²) < 4.78 is 10.3. The van der Waals surface area contributed by atoms with Crippen LogP contribution >= 0.6 is 0 Å². The predicted molar refractivity (Wildman–Crippen MR) is 56.2 cm³/mol. The van der Waals surface area contributed by atoms with Crippen molar-refractivity contribution in [2.24, 2.45) is 0 Å². The first-order chi connectivity index (χ1) is 8.50. The molecule has 1 aliphatic rings. The molecular weight excluding hydrogens is 240 g/mol. The molecule has 1 fully saturated rings. The van der Waals surface area contributed by atoms with Crippen LogP contribution in [0.15, 0.2) is 0 Å². The summed E-state index contributed by atoms with van der Waals surface area (Å²) in [5, 5.41) is 22.5. The van der Waals surface area contributed by atoms with Crippen LogP contribution in [0.25, 0.3) is 0 Å². The molecule has 0 spiro atoms. The number of rotatable bonds is 4. The normalized spacial score (nSPS) is 30.9. The lowest BCUT2D eigenvalue weighted by molar-refractivity contribution is -0.199. The third-order valence-corrected chi connectivity index (χ3v) is 2.32. The molecule has 0 saturated carbocycles. The Morgan fingerprint density at radius 3 is 1.56 bits per heavy atom. The van der Waals surface area contributed by atoms with Crippen molar-refractivity contribution in [2.75, 3.05) is 13.2 Å². The van der Waals surface area contributed by atoms with Crippen molar-refractivity contribution in [3.8, 4) is 12.1 Å². The van der Waals surface area contributed by atoms with E-state index in [1.54, 1.807) is 26.0 Å². The highest BCUT2D eigenvalue weighted by molar-refractivity contribution is 6.36. The van der Waals surface area contributed by atoms with Gasteiger partial charge < -0.3 is 20.1 Å². The molecule has 8 heteroatoms. The second-order valence-corrected chi connectivity index (χ2v) is 3.36. The Morgan fingerprint density at radius 2 is 1.33 bits per heavy atom. The molecular formula is C10H12N4O4. The summed E-state index contributed by atoms with van der Waals surface area (Å²) in [5.41, 5.74) is -4.14. The molecule has 1 rings (SSSR count). The van der Waals surface area contributed by atoms with Crippen LogP contribution in [0.4, 0.5) is 0 Å². The molecule has 0 radical (unpaired) electrons. The van der Waals surface area contributed by atoms with Crippen LogP contribution in [-0.2, 0) is 19.1 Å². The number of ether oxygens (including phenoxy) is 2. The van der Waals surface area contributed by atoms with E-state index in [-0.39, 0.29) is 13.2 Å². The van der Waals surface area contributed by atoms with Crippen molar-refractivity contribution in [2.45, 2.75) is 25.3 Å². The Morgan fingerprint density at radius 1 is 1.00 bits per heavy atom. The Bertz CT molecular complexity index is 410. The molecule has 0 aromatic carbocycles. The third kappa shape index (κ3) is 1.88. The van der Waals surface area contributed by atoms with Gasteiger partial charge in [-0.3, -0.25) is 9.59 Å². The summed E-state index contributed by atoms with van der Waals surface area (Å²) >= 11 is 0. The van der Waals surface area contributed by atoms with Gasteiger partial charge in [0.2, 0.25) is 0 Å². The minimum absolute atomic E-state index is 0.0419. The number of piperazine rings is 1. The summed E-state index contributed by atoms with van der Waals surface area (Å²) in [5.74, 6) is -2.12. The van der Waals surface area contributed by atoms with Crippen molar-refractivity contribution < 1.29 is 19.1 Å². The summed E-state index contributed by atoms with van der Waals surface area (Å²) in [6.07, 6.45) is 0. The van der Waals surface area contributed by atoms with Crippen molar-refractivity contribution in [3.63, 3.8) is 0 Å². The van der Waals surface area contributed by atoms with Gasteiger partial charge in [-0.2, -0.15) is 10.5 Å². The molecule has 2 unspecified atom stereocenters. The van der Waals surface area contributed by atoms with Gasteiger partial charge in [-0.05, 0) is 13.8 Å². The lowest BCUT2D eigenvalue weighted by Gasteiger charge is -2.43. The van der Waals surface area contributed by atoms with Crippen molar-refractivity contribution in [1.82, 2.24) is 10.6 Å². The number of carbonyl (C=O) groups excluding carboxylic acids is 2. The Labute approximate surface area is 103 Å². The first-order valence-corrected chi connectivity index (χ1v) is 5.26. The highest BCUT2D eigenvalue weighted by Crippen LogP contribution is 2.27. The van der Waals surface area contributed by atoms with Crippen LogP contribution in [-0.4, -0.2) is 36.5 Å². The second kappa shape index (κ2) is 5.00. The lowest BCUT2D eigenvalue weighted by atomic mass is 9.98. The van der Waals surface area contributed by atoms with Gasteiger partial charge in [-0.25, -0.2) is 0 Å². The molecule has 18 heavy (non-hydrogen) atoms. The molecule has 0 aromatic rings. The minimum Gasteiger partial charge on any atom is -0.339 e. The van der Waals surface area contributed by atoms with Crippen molar-refractivity contribution >= 4 is 11.8 Å². The summed E-state index contributed by atoms with van der Waals surface area (Å²) in [4.78, 5) is 22.7. The maximum absolute atomic E-state index is 11.3. The van der Waals surface area contributed by atoms with E-state index in [1.807, 2.05) is 0 Å². The monoisotopic (exact) mass is 252 g/mol. The first-order valence-electron chi connectivity index (χ1n) is 5.26. The van der Waals surface area contributed by atoms with E-state index in [4.69, 9.17) is 9.47 Å². The maximum Gasteiger partial charge on any atom is 0.312 e. The standard InChI is InChI=1S/C10H12N4O4/c1-3-17-9(5-11)10(6-12,18-4-2)14-8(16)7(15)13-9/h3-4H2,1-2H3,(H,13,15)(H,14,16). The number of amides is 2. The molecule has 8 nitrogen and oxygen atoms in total. The van der Waals surface area contributed by atoms with Gasteiger partial charge in [0.15, 0.2) is 0 Å². The Hall–Kier alpha value is -2.16. The average molecular weight is 252 g/mol. The average Bonchev–Trinajstić information content (AvgIpc) is 2.35. The van der Waals surface area contributed by atoms with Gasteiger partial charge in [0.25, 0.3) is 11.4 Å². The van der Waals surface area contributed by atoms with Crippen LogP contribution < -0.4 is 10.6 Å². The first kappa shape index (κ1) is 13.9. The highest BCUT2D eigenvalue weighted by Gasteiger charge is 2.62. The molecule has 0 aliphatic carbocycles. The molecule has 0 aromatic heterocycles. The van der Waals surface area contributed by atoms with Crippen LogP contribution in [0.1, 0.15) is 13.8 Å². The highest BCUT2D eigenvalue weighted by atomic mass is 16.6. The van der Waals surface area contributed by atoms with Crippen LogP contribution in [0, 0.1) is 22.7 Å². The van der Waals surface area contributed by atoms with E-state index >= 15 is 0 Å². The topological polar surface area (TPSA) is 124 Å². The van der Waals surface area contributed by atoms with E-state index in [0.717, 1.165) is 0 Å². The zero-order valence-electron chi connectivity index (χ0n) is 9.94. The number of hydrogen-bond acceptors (Lipinski definition) is 6. The lowest BCUT2D eigenvalue weighted by Crippen LogP contribution is -2.78. The fourth-order valence-electron chi connectivity index (χ4n) is 1.60. The van der Waals surface area contributed by atoms with Gasteiger partial charge in [0.05, 0.1) is 0 Å². The third-order valence-electron chi connectivity index (χ3n) is 2.32. The predicted octanol–water partition coefficient (Wildman–Crippen LogP) is -1.25. The molecule has 2 N–H and O–H groups in total. The molecule has 1 heterocycles. The Balaban J connectivity index is 3.31. The van der Waals surface area contributed by atoms with Crippen LogP contribution in [0.3, 0.4) is 0 Å². The summed E-state index contributed by atoms with van der Waals surface area (Å²) in [7, 11) is 0. The Kier molecular flexibility index (Phi) is 3.86. The zero-order valence-corrected chi connectivity index (χ0v) is 9.94. The van der Waals surface area contributed by atoms with Crippen molar-refractivity contribution in [1.29, 1.82) is 10.5 Å². The fraction of sp³-hybridized carbons (Fsp3) is 0.600. The van der Waals surface area contributed by atoms with E-state index in [1.165, 1.54) is 0 Å². The molecule has 0 bridgehead atoms. The quantitative estimate of drug-likeness (QED) is 0.602. The number of carbonyl (C=O) groups is 2. The number of nitrogens with zero attached hydrogens (tertiary/aromatic N) is 2. The number of nitriles is 2. The second-order valence-electron chi connectivity index (χ2n) is 3.36. The number of nitrogens with one attached hydrogen (secondary N) is 2.